The van der Waals surface area contributed by atoms with Crippen LogP contribution < -0.4 is 10.7 Å². The first-order valence-electron chi connectivity index (χ1n) is 6.97. The molecule has 1 N–H and O–H groups in total. The molecular weight excluding hydrogens is 314 g/mol. The summed E-state index contributed by atoms with van der Waals surface area (Å²) in [5.41, 5.74) is 2.44. The summed E-state index contributed by atoms with van der Waals surface area (Å²) in [6.45, 7) is 0. The number of halogens is 1. The van der Waals surface area contributed by atoms with E-state index in [1.807, 2.05) is 0 Å². The monoisotopic (exact) mass is 323 g/mol. The predicted molar refractivity (Wildman–Crippen MR) is 90.4 cm³/mol. The largest absolute Gasteiger partial charge is 0.463 e. The van der Waals surface area contributed by atoms with Crippen LogP contribution in [0.1, 0.15) is 11.1 Å². The highest BCUT2D eigenvalue weighted by atomic mass is 35.5. The Bertz CT molecular complexity index is 1050. The molecule has 2 aromatic carbocycles. The van der Waals surface area contributed by atoms with E-state index in [-0.39, 0.29) is 11.3 Å². The molecule has 4 rings (SSSR count). The number of para-hydroxylation sites is 1. The first-order chi connectivity index (χ1) is 11.1. The average molecular weight is 324 g/mol. The van der Waals surface area contributed by atoms with Crippen molar-refractivity contribution in [3.63, 3.8) is 0 Å². The average Bonchev–Trinajstić information content (AvgIpc) is 2.85. The molecule has 0 atom stereocenters. The van der Waals surface area contributed by atoms with Crippen LogP contribution in [0.3, 0.4) is 0 Å². The Hall–Kier alpha value is -2.85. The summed E-state index contributed by atoms with van der Waals surface area (Å²) >= 11 is 5.93. The Morgan fingerprint density at radius 1 is 1.09 bits per heavy atom. The van der Waals surface area contributed by atoms with Crippen LogP contribution in [-0.4, -0.2) is 5.91 Å². The molecular formula is C18H10ClNO3. The van der Waals surface area contributed by atoms with Crippen LogP contribution in [0.15, 0.2) is 57.9 Å². The van der Waals surface area contributed by atoms with Gasteiger partial charge in [-0.05, 0) is 30.3 Å². The maximum Gasteiger partial charge on any atom is 0.256 e. The molecule has 1 aliphatic heterocycles. The van der Waals surface area contributed by atoms with Crippen molar-refractivity contribution in [2.75, 3.05) is 5.32 Å². The van der Waals surface area contributed by atoms with Crippen molar-refractivity contribution < 1.29 is 9.21 Å². The van der Waals surface area contributed by atoms with E-state index in [4.69, 9.17) is 16.0 Å². The van der Waals surface area contributed by atoms with Gasteiger partial charge in [0.1, 0.15) is 11.8 Å². The van der Waals surface area contributed by atoms with Gasteiger partial charge in [-0.15, -0.1) is 0 Å². The summed E-state index contributed by atoms with van der Waals surface area (Å²) in [5, 5.41) is 3.76. The van der Waals surface area contributed by atoms with E-state index in [1.165, 1.54) is 6.26 Å². The lowest BCUT2D eigenvalue weighted by Gasteiger charge is -2.00. The summed E-state index contributed by atoms with van der Waals surface area (Å²) in [4.78, 5) is 24.7. The topological polar surface area (TPSA) is 59.3 Å². The number of anilines is 1. The molecule has 0 fully saturated rings. The van der Waals surface area contributed by atoms with Crippen molar-refractivity contribution in [2.45, 2.75) is 0 Å². The molecule has 0 saturated carbocycles. The van der Waals surface area contributed by atoms with E-state index in [2.05, 4.69) is 5.32 Å². The Morgan fingerprint density at radius 2 is 1.91 bits per heavy atom. The van der Waals surface area contributed by atoms with Crippen LogP contribution in [0.25, 0.3) is 22.6 Å². The Balaban J connectivity index is 1.90. The molecule has 23 heavy (non-hydrogen) atoms. The second-order valence-corrected chi connectivity index (χ2v) is 5.65. The summed E-state index contributed by atoms with van der Waals surface area (Å²) in [7, 11) is 0. The highest BCUT2D eigenvalue weighted by Gasteiger charge is 2.24. The second kappa shape index (κ2) is 5.11. The number of hydrogen-bond acceptors (Lipinski definition) is 3. The van der Waals surface area contributed by atoms with Crippen molar-refractivity contribution in [3.8, 4) is 0 Å². The third kappa shape index (κ3) is 2.24. The number of nitrogens with one attached hydrogen (secondary N) is 1. The van der Waals surface area contributed by atoms with Gasteiger partial charge in [-0.2, -0.15) is 0 Å². The third-order valence-corrected chi connectivity index (χ3v) is 4.01. The standard InChI is InChI=1S/C18H10ClNO3/c19-11-5-6-12-14(18(22)20-15(12)8-11)7-10-9-23-16-4-2-1-3-13(16)17(10)21/h1-9H,(H,20,22)/b14-7-. The molecule has 0 saturated heterocycles. The zero-order valence-corrected chi connectivity index (χ0v) is 12.6. The number of amides is 1. The molecule has 4 nitrogen and oxygen atoms in total. The minimum Gasteiger partial charge on any atom is -0.463 e. The zero-order chi connectivity index (χ0) is 16.0. The van der Waals surface area contributed by atoms with Crippen LogP contribution in [0.4, 0.5) is 5.69 Å². The molecule has 1 amide bonds. The van der Waals surface area contributed by atoms with Gasteiger partial charge < -0.3 is 9.73 Å². The first-order valence-corrected chi connectivity index (χ1v) is 7.35. The van der Waals surface area contributed by atoms with Gasteiger partial charge in [0.15, 0.2) is 5.43 Å². The van der Waals surface area contributed by atoms with Crippen LogP contribution in [-0.2, 0) is 4.79 Å². The van der Waals surface area contributed by atoms with E-state index in [1.54, 1.807) is 48.5 Å². The molecule has 0 unspecified atom stereocenters. The number of hydrogen-bond donors (Lipinski definition) is 1. The molecule has 112 valence electrons. The van der Waals surface area contributed by atoms with Crippen LogP contribution in [0, 0.1) is 0 Å². The van der Waals surface area contributed by atoms with E-state index >= 15 is 0 Å². The molecule has 0 radical (unpaired) electrons. The Kier molecular flexibility index (Phi) is 3.06. The molecule has 0 aliphatic carbocycles. The molecule has 5 heteroatoms. The minimum absolute atomic E-state index is 0.172. The van der Waals surface area contributed by atoms with Crippen molar-refractivity contribution in [1.82, 2.24) is 0 Å². The summed E-state index contributed by atoms with van der Waals surface area (Å²) in [5.74, 6) is -0.269. The van der Waals surface area contributed by atoms with E-state index < -0.39 is 0 Å². The minimum atomic E-state index is -0.269. The van der Waals surface area contributed by atoms with E-state index in [0.29, 0.717) is 38.4 Å². The van der Waals surface area contributed by atoms with Gasteiger partial charge in [0, 0.05) is 16.2 Å². The first kappa shape index (κ1) is 13.8. The van der Waals surface area contributed by atoms with Gasteiger partial charge >= 0.3 is 0 Å². The van der Waals surface area contributed by atoms with Gasteiger partial charge in [0.25, 0.3) is 5.91 Å². The number of benzene rings is 2. The summed E-state index contributed by atoms with van der Waals surface area (Å²) in [6, 6.07) is 12.1. The molecule has 3 aromatic rings. The predicted octanol–water partition coefficient (Wildman–Crippen LogP) is 3.94. The SMILES string of the molecule is O=C1Nc2cc(Cl)ccc2/C1=C/c1coc2ccccc2c1=O. The molecule has 1 aliphatic rings. The Labute approximate surface area is 136 Å². The quantitative estimate of drug-likeness (QED) is 0.690. The van der Waals surface area contributed by atoms with E-state index in [9.17, 15) is 9.59 Å². The van der Waals surface area contributed by atoms with Crippen molar-refractivity contribution >= 4 is 45.8 Å². The third-order valence-electron chi connectivity index (χ3n) is 3.77. The number of carbonyl (C=O) groups is 1. The summed E-state index contributed by atoms with van der Waals surface area (Å²) < 4.78 is 5.48. The Morgan fingerprint density at radius 3 is 2.78 bits per heavy atom. The van der Waals surface area contributed by atoms with Gasteiger partial charge in [0.2, 0.25) is 0 Å². The summed E-state index contributed by atoms with van der Waals surface area (Å²) in [6.07, 6.45) is 2.92. The fourth-order valence-corrected chi connectivity index (χ4v) is 2.83. The van der Waals surface area contributed by atoms with Gasteiger partial charge in [-0.25, -0.2) is 0 Å². The van der Waals surface area contributed by atoms with Crippen molar-refractivity contribution in [3.05, 3.63) is 75.1 Å². The second-order valence-electron chi connectivity index (χ2n) is 5.22. The van der Waals surface area contributed by atoms with Crippen LogP contribution in [0.2, 0.25) is 5.02 Å². The smallest absolute Gasteiger partial charge is 0.256 e. The van der Waals surface area contributed by atoms with Gasteiger partial charge in [-0.1, -0.05) is 29.8 Å². The maximum absolute atomic E-state index is 12.5. The lowest BCUT2D eigenvalue weighted by molar-refractivity contribution is -0.110. The van der Waals surface area contributed by atoms with Crippen LogP contribution >= 0.6 is 11.6 Å². The fraction of sp³-hybridized carbons (Fsp3) is 0. The fourth-order valence-electron chi connectivity index (χ4n) is 2.66. The van der Waals surface area contributed by atoms with Gasteiger partial charge in [0.05, 0.1) is 16.6 Å². The molecule has 1 aromatic heterocycles. The normalized spacial score (nSPS) is 15.0. The van der Waals surface area contributed by atoms with Crippen LogP contribution in [0.5, 0.6) is 0 Å². The zero-order valence-electron chi connectivity index (χ0n) is 11.8. The number of rotatable bonds is 1. The highest BCUT2D eigenvalue weighted by Crippen LogP contribution is 2.34. The highest BCUT2D eigenvalue weighted by molar-refractivity contribution is 6.36. The molecule has 0 spiro atoms. The molecule has 0 bridgehead atoms. The number of fused-ring (bicyclic) bond motifs is 2. The van der Waals surface area contributed by atoms with E-state index in [0.717, 1.165) is 0 Å². The van der Waals surface area contributed by atoms with Crippen molar-refractivity contribution in [2.24, 2.45) is 0 Å². The lowest BCUT2D eigenvalue weighted by Crippen LogP contribution is -2.07. The molecule has 2 heterocycles. The van der Waals surface area contributed by atoms with Gasteiger partial charge in [-0.3, -0.25) is 9.59 Å². The lowest BCUT2D eigenvalue weighted by atomic mass is 10.0. The maximum atomic E-state index is 12.5. The number of carbonyl (C=O) groups excluding carboxylic acids is 1. The van der Waals surface area contributed by atoms with Crippen molar-refractivity contribution in [1.29, 1.82) is 0 Å².